The van der Waals surface area contributed by atoms with Gasteiger partial charge in [-0.05, 0) is 24.8 Å². The summed E-state index contributed by atoms with van der Waals surface area (Å²) in [7, 11) is 0. The Morgan fingerprint density at radius 3 is 2.29 bits per heavy atom. The van der Waals surface area contributed by atoms with E-state index < -0.39 is 16.6 Å². The molecule has 0 bridgehead atoms. The van der Waals surface area contributed by atoms with Crippen molar-refractivity contribution in [2.75, 3.05) is 0 Å². The number of amides is 2. The van der Waals surface area contributed by atoms with Gasteiger partial charge >= 0.3 is 6.03 Å². The van der Waals surface area contributed by atoms with Crippen LogP contribution in [0.1, 0.15) is 39.0 Å². The minimum Gasteiger partial charge on any atom is -0.347 e. The van der Waals surface area contributed by atoms with Crippen molar-refractivity contribution in [2.24, 2.45) is 5.73 Å². The van der Waals surface area contributed by atoms with Gasteiger partial charge in [-0.15, -0.1) is 0 Å². The second kappa shape index (κ2) is 3.81. The van der Waals surface area contributed by atoms with E-state index >= 15 is 0 Å². The van der Waals surface area contributed by atoms with Crippen LogP contribution in [0.25, 0.3) is 0 Å². The van der Waals surface area contributed by atoms with Crippen LogP contribution >= 0.6 is 0 Å². The first-order valence-electron chi connectivity index (χ1n) is 4.71. The van der Waals surface area contributed by atoms with E-state index in [0.29, 0.717) is 17.9 Å². The van der Waals surface area contributed by atoms with Crippen LogP contribution in [0.3, 0.4) is 0 Å². The number of carbonyl (C=O) groups is 1. The maximum atomic E-state index is 11.0. The van der Waals surface area contributed by atoms with E-state index in [1.807, 2.05) is 0 Å². The lowest BCUT2D eigenvalue weighted by molar-refractivity contribution is -0.651. The van der Waals surface area contributed by atoms with Crippen molar-refractivity contribution in [1.82, 2.24) is 5.01 Å². The monoisotopic (exact) mass is 201 g/mol. The van der Waals surface area contributed by atoms with E-state index in [0.717, 1.165) is 19.3 Å². The summed E-state index contributed by atoms with van der Waals surface area (Å²) in [5.41, 5.74) is 4.30. The van der Waals surface area contributed by atoms with Crippen molar-refractivity contribution in [3.63, 3.8) is 0 Å². The number of carbonyl (C=O) groups excluding carboxylic acids is 1. The van der Waals surface area contributed by atoms with Crippen LogP contribution < -0.4 is 5.73 Å². The van der Waals surface area contributed by atoms with Crippen molar-refractivity contribution in [3.8, 4) is 0 Å². The molecule has 0 aromatic heterocycles. The van der Waals surface area contributed by atoms with Crippen molar-refractivity contribution >= 4 is 6.03 Å². The lowest BCUT2D eigenvalue weighted by Gasteiger charge is -2.35. The summed E-state index contributed by atoms with van der Waals surface area (Å²) in [6.45, 7) is 1.72. The molecule has 0 unspecified atom stereocenters. The largest absolute Gasteiger partial charge is 0.373 e. The fourth-order valence-corrected chi connectivity index (χ4v) is 2.07. The first-order chi connectivity index (χ1) is 6.47. The maximum Gasteiger partial charge on any atom is 0.373 e. The molecule has 0 saturated heterocycles. The van der Waals surface area contributed by atoms with Crippen LogP contribution in [0.2, 0.25) is 0 Å². The van der Waals surface area contributed by atoms with Crippen molar-refractivity contribution < 1.29 is 9.83 Å². The SMILES string of the molecule is CC1(N(C(N)=O)[N+](=O)[O-])CCCCC1. The first kappa shape index (κ1) is 10.7. The molecule has 1 rings (SSSR count). The van der Waals surface area contributed by atoms with Gasteiger partial charge in [0.25, 0.3) is 0 Å². The Labute approximate surface area is 82.2 Å². The Morgan fingerprint density at radius 2 is 1.93 bits per heavy atom. The molecule has 2 amide bonds. The third-order valence-corrected chi connectivity index (χ3v) is 2.81. The smallest absolute Gasteiger partial charge is 0.347 e. The number of urea groups is 1. The molecule has 1 saturated carbocycles. The number of rotatable bonds is 2. The quantitative estimate of drug-likeness (QED) is 0.539. The van der Waals surface area contributed by atoms with Gasteiger partial charge in [0, 0.05) is 0 Å². The fraction of sp³-hybridized carbons (Fsp3) is 0.875. The van der Waals surface area contributed by atoms with E-state index in [2.05, 4.69) is 0 Å². The standard InChI is InChI=1S/C8H15N3O3/c1-8(5-3-2-4-6-8)10(7(9)12)11(13)14/h2-6H2,1H3,(H2,9,12). The summed E-state index contributed by atoms with van der Waals surface area (Å²) in [5, 5.41) is 10.6. The van der Waals surface area contributed by atoms with Crippen molar-refractivity contribution in [2.45, 2.75) is 44.6 Å². The number of hydrogen-bond acceptors (Lipinski definition) is 3. The minimum atomic E-state index is -0.973. The number of nitro groups is 1. The van der Waals surface area contributed by atoms with Crippen LogP contribution in [0.5, 0.6) is 0 Å². The Bertz CT molecular complexity index is 234. The van der Waals surface area contributed by atoms with Crippen molar-refractivity contribution in [1.29, 1.82) is 0 Å². The molecule has 0 aliphatic heterocycles. The molecule has 2 N–H and O–H groups in total. The highest BCUT2D eigenvalue weighted by Gasteiger charge is 2.43. The Balaban J connectivity index is 2.84. The third-order valence-electron chi connectivity index (χ3n) is 2.81. The summed E-state index contributed by atoms with van der Waals surface area (Å²) < 4.78 is 0. The van der Waals surface area contributed by atoms with Gasteiger partial charge in [-0.1, -0.05) is 19.3 Å². The molecule has 6 heteroatoms. The molecule has 1 aliphatic carbocycles. The summed E-state index contributed by atoms with van der Waals surface area (Å²) in [5.74, 6) is 0. The molecule has 1 aliphatic rings. The second-order valence-corrected chi connectivity index (χ2v) is 3.95. The third kappa shape index (κ3) is 1.94. The average molecular weight is 201 g/mol. The lowest BCUT2D eigenvalue weighted by atomic mass is 9.83. The average Bonchev–Trinajstić information content (AvgIpc) is 2.02. The molecule has 0 heterocycles. The van der Waals surface area contributed by atoms with Crippen LogP contribution in [0.15, 0.2) is 0 Å². The van der Waals surface area contributed by atoms with Gasteiger partial charge in [0.05, 0.1) is 0 Å². The van der Waals surface area contributed by atoms with Gasteiger partial charge in [0.15, 0.2) is 5.03 Å². The van der Waals surface area contributed by atoms with Gasteiger partial charge in [0.1, 0.15) is 5.54 Å². The van der Waals surface area contributed by atoms with Crippen LogP contribution in [0.4, 0.5) is 4.79 Å². The van der Waals surface area contributed by atoms with E-state index in [-0.39, 0.29) is 0 Å². The normalized spacial score (nSPS) is 20.1. The summed E-state index contributed by atoms with van der Waals surface area (Å²) in [6.07, 6.45) is 4.19. The van der Waals surface area contributed by atoms with Crippen LogP contribution in [-0.4, -0.2) is 21.6 Å². The molecule has 0 spiro atoms. The number of nitrogens with two attached hydrogens (primary N) is 1. The molecule has 0 aromatic carbocycles. The molecule has 0 radical (unpaired) electrons. The van der Waals surface area contributed by atoms with Gasteiger partial charge in [-0.2, -0.15) is 0 Å². The predicted molar refractivity (Wildman–Crippen MR) is 49.9 cm³/mol. The molecule has 1 fully saturated rings. The second-order valence-electron chi connectivity index (χ2n) is 3.95. The van der Waals surface area contributed by atoms with Gasteiger partial charge in [0.2, 0.25) is 0 Å². The molecule has 0 atom stereocenters. The molecular formula is C8H15N3O3. The Morgan fingerprint density at radius 1 is 1.43 bits per heavy atom. The lowest BCUT2D eigenvalue weighted by Crippen LogP contribution is -2.55. The first-order valence-corrected chi connectivity index (χ1v) is 4.71. The minimum absolute atomic E-state index is 0.576. The number of hydrogen-bond donors (Lipinski definition) is 1. The highest BCUT2D eigenvalue weighted by Crippen LogP contribution is 2.32. The Hall–Kier alpha value is -1.33. The number of primary amides is 1. The zero-order valence-corrected chi connectivity index (χ0v) is 8.23. The molecule has 6 nitrogen and oxygen atoms in total. The van der Waals surface area contributed by atoms with Gasteiger partial charge < -0.3 is 5.73 Å². The van der Waals surface area contributed by atoms with Crippen molar-refractivity contribution in [3.05, 3.63) is 10.1 Å². The van der Waals surface area contributed by atoms with Gasteiger partial charge in [-0.25, -0.2) is 14.9 Å². The zero-order chi connectivity index (χ0) is 10.8. The maximum absolute atomic E-state index is 11.0. The highest BCUT2D eigenvalue weighted by molar-refractivity contribution is 5.71. The van der Waals surface area contributed by atoms with E-state index in [1.54, 1.807) is 6.92 Å². The Kier molecular flexibility index (Phi) is 2.93. The fourth-order valence-electron chi connectivity index (χ4n) is 2.07. The van der Waals surface area contributed by atoms with E-state index in [9.17, 15) is 14.9 Å². The molecule has 14 heavy (non-hydrogen) atoms. The number of hydrazine groups is 1. The summed E-state index contributed by atoms with van der Waals surface area (Å²) >= 11 is 0. The molecule has 80 valence electrons. The highest BCUT2D eigenvalue weighted by atomic mass is 16.7. The predicted octanol–water partition coefficient (Wildman–Crippen LogP) is 1.28. The molecular weight excluding hydrogens is 186 g/mol. The van der Waals surface area contributed by atoms with Gasteiger partial charge in [-0.3, -0.25) is 0 Å². The zero-order valence-electron chi connectivity index (χ0n) is 8.23. The summed E-state index contributed by atoms with van der Waals surface area (Å²) in [6, 6.07) is -0.973. The van der Waals surface area contributed by atoms with E-state index in [4.69, 9.17) is 5.73 Å². The summed E-state index contributed by atoms with van der Waals surface area (Å²) in [4.78, 5) is 21.6. The van der Waals surface area contributed by atoms with E-state index in [1.165, 1.54) is 0 Å². The topological polar surface area (TPSA) is 89.5 Å². The number of nitrogens with zero attached hydrogens (tertiary/aromatic N) is 2. The van der Waals surface area contributed by atoms with Crippen LogP contribution in [-0.2, 0) is 0 Å². The molecule has 0 aromatic rings. The van der Waals surface area contributed by atoms with Crippen LogP contribution in [0, 0.1) is 10.1 Å².